The molecule has 2 rings (SSSR count). The van der Waals surface area contributed by atoms with E-state index in [0.717, 1.165) is 25.0 Å². The van der Waals surface area contributed by atoms with Crippen LogP contribution in [0.15, 0.2) is 30.3 Å². The molecule has 3 heteroatoms. The number of nitrogens with two attached hydrogens (primary N) is 1. The minimum absolute atomic E-state index is 0.368. The van der Waals surface area contributed by atoms with Gasteiger partial charge in [0.25, 0.3) is 0 Å². The van der Waals surface area contributed by atoms with Crippen molar-refractivity contribution in [2.24, 2.45) is 11.1 Å². The predicted molar refractivity (Wildman–Crippen MR) is 67.6 cm³/mol. The first kappa shape index (κ1) is 12.6. The van der Waals surface area contributed by atoms with Crippen molar-refractivity contribution >= 4 is 0 Å². The van der Waals surface area contributed by atoms with Crippen LogP contribution in [0.4, 0.5) is 0 Å². The average molecular weight is 235 g/mol. The molecular formula is C14H21NO2. The molecule has 1 heterocycles. The van der Waals surface area contributed by atoms with Crippen LogP contribution in [0.5, 0.6) is 0 Å². The summed E-state index contributed by atoms with van der Waals surface area (Å²) >= 11 is 0. The van der Waals surface area contributed by atoms with Crippen LogP contribution in [0.3, 0.4) is 0 Å². The van der Waals surface area contributed by atoms with E-state index in [9.17, 15) is 5.11 Å². The van der Waals surface area contributed by atoms with Crippen molar-refractivity contribution in [2.75, 3.05) is 19.8 Å². The maximum atomic E-state index is 10.9. The standard InChI is InChI=1S/C14H21NO2/c1-13(16,12-6-3-2-4-7-12)14(10-15)8-5-9-17-11-14/h2-4,6-7,16H,5,8-11,15H2,1H3. The molecule has 0 saturated carbocycles. The minimum Gasteiger partial charge on any atom is -0.385 e. The lowest BCUT2D eigenvalue weighted by Gasteiger charge is -2.47. The zero-order valence-electron chi connectivity index (χ0n) is 10.4. The smallest absolute Gasteiger partial charge is 0.0958 e. The van der Waals surface area contributed by atoms with Crippen LogP contribution in [0, 0.1) is 5.41 Å². The molecule has 1 fully saturated rings. The monoisotopic (exact) mass is 235 g/mol. The lowest BCUT2D eigenvalue weighted by Crippen LogP contribution is -2.53. The fraction of sp³-hybridized carbons (Fsp3) is 0.571. The van der Waals surface area contributed by atoms with Crippen molar-refractivity contribution < 1.29 is 9.84 Å². The summed E-state index contributed by atoms with van der Waals surface area (Å²) in [5, 5.41) is 10.9. The molecule has 17 heavy (non-hydrogen) atoms. The normalized spacial score (nSPS) is 28.6. The Morgan fingerprint density at radius 2 is 2.12 bits per heavy atom. The topological polar surface area (TPSA) is 55.5 Å². The third kappa shape index (κ3) is 2.10. The van der Waals surface area contributed by atoms with Gasteiger partial charge in [-0.3, -0.25) is 0 Å². The Labute approximate surface area is 103 Å². The van der Waals surface area contributed by atoms with E-state index in [0.29, 0.717) is 13.2 Å². The third-order valence-electron chi connectivity index (χ3n) is 4.08. The molecule has 1 aliphatic heterocycles. The summed E-state index contributed by atoms with van der Waals surface area (Å²) in [6.45, 7) is 3.59. The number of rotatable bonds is 3. The molecular weight excluding hydrogens is 214 g/mol. The van der Waals surface area contributed by atoms with Gasteiger partial charge in [0, 0.05) is 18.6 Å². The van der Waals surface area contributed by atoms with E-state index in [1.165, 1.54) is 0 Å². The fourth-order valence-electron chi connectivity index (χ4n) is 2.66. The van der Waals surface area contributed by atoms with Crippen molar-refractivity contribution in [3.05, 3.63) is 35.9 Å². The number of hydrogen-bond donors (Lipinski definition) is 2. The van der Waals surface area contributed by atoms with Crippen LogP contribution >= 0.6 is 0 Å². The highest BCUT2D eigenvalue weighted by atomic mass is 16.5. The van der Waals surface area contributed by atoms with Crippen molar-refractivity contribution in [1.82, 2.24) is 0 Å². The molecule has 3 N–H and O–H groups in total. The number of hydrogen-bond acceptors (Lipinski definition) is 3. The predicted octanol–water partition coefficient (Wildman–Crippen LogP) is 1.65. The van der Waals surface area contributed by atoms with Gasteiger partial charge in [-0.05, 0) is 25.3 Å². The van der Waals surface area contributed by atoms with Gasteiger partial charge in [-0.25, -0.2) is 0 Å². The Bertz CT molecular complexity index is 356. The number of ether oxygens (including phenoxy) is 1. The SMILES string of the molecule is CC(O)(c1ccccc1)C1(CN)CCCOC1. The van der Waals surface area contributed by atoms with Gasteiger partial charge < -0.3 is 15.6 Å². The molecule has 2 unspecified atom stereocenters. The Balaban J connectivity index is 2.35. The van der Waals surface area contributed by atoms with Crippen LogP contribution in [0.25, 0.3) is 0 Å². The molecule has 0 aromatic heterocycles. The van der Waals surface area contributed by atoms with Gasteiger partial charge in [-0.1, -0.05) is 30.3 Å². The highest BCUT2D eigenvalue weighted by molar-refractivity contribution is 5.25. The third-order valence-corrected chi connectivity index (χ3v) is 4.08. The lowest BCUT2D eigenvalue weighted by atomic mass is 9.66. The minimum atomic E-state index is -0.941. The van der Waals surface area contributed by atoms with Gasteiger partial charge in [-0.15, -0.1) is 0 Å². The highest BCUT2D eigenvalue weighted by Gasteiger charge is 2.48. The van der Waals surface area contributed by atoms with E-state index >= 15 is 0 Å². The van der Waals surface area contributed by atoms with E-state index in [1.807, 2.05) is 37.3 Å². The molecule has 1 saturated heterocycles. The Hall–Kier alpha value is -0.900. The molecule has 0 spiro atoms. The first-order valence-corrected chi connectivity index (χ1v) is 6.18. The Morgan fingerprint density at radius 1 is 1.41 bits per heavy atom. The molecule has 1 aromatic rings. The molecule has 0 bridgehead atoms. The summed E-state index contributed by atoms with van der Waals surface area (Å²) in [6, 6.07) is 9.74. The first-order chi connectivity index (χ1) is 8.12. The van der Waals surface area contributed by atoms with E-state index in [-0.39, 0.29) is 5.41 Å². The fourth-order valence-corrected chi connectivity index (χ4v) is 2.66. The number of benzene rings is 1. The summed E-state index contributed by atoms with van der Waals surface area (Å²) in [5.74, 6) is 0. The second kappa shape index (κ2) is 4.77. The van der Waals surface area contributed by atoms with Crippen LogP contribution in [-0.2, 0) is 10.3 Å². The van der Waals surface area contributed by atoms with Crippen molar-refractivity contribution in [2.45, 2.75) is 25.4 Å². The molecule has 94 valence electrons. The van der Waals surface area contributed by atoms with Crippen LogP contribution in [0.2, 0.25) is 0 Å². The van der Waals surface area contributed by atoms with Crippen molar-refractivity contribution in [3.63, 3.8) is 0 Å². The maximum Gasteiger partial charge on any atom is 0.0958 e. The summed E-state index contributed by atoms with van der Waals surface area (Å²) in [4.78, 5) is 0. The maximum absolute atomic E-state index is 10.9. The van der Waals surface area contributed by atoms with Crippen LogP contribution in [0.1, 0.15) is 25.3 Å². The molecule has 0 radical (unpaired) electrons. The van der Waals surface area contributed by atoms with Crippen LogP contribution < -0.4 is 5.73 Å². The van der Waals surface area contributed by atoms with E-state index < -0.39 is 5.60 Å². The first-order valence-electron chi connectivity index (χ1n) is 6.18. The molecule has 2 atom stereocenters. The van der Waals surface area contributed by atoms with Gasteiger partial charge in [0.1, 0.15) is 0 Å². The number of aliphatic hydroxyl groups is 1. The van der Waals surface area contributed by atoms with Gasteiger partial charge >= 0.3 is 0 Å². The van der Waals surface area contributed by atoms with E-state index in [1.54, 1.807) is 0 Å². The Kier molecular flexibility index (Phi) is 3.52. The average Bonchev–Trinajstić information content (AvgIpc) is 2.40. The van der Waals surface area contributed by atoms with Gasteiger partial charge in [-0.2, -0.15) is 0 Å². The summed E-state index contributed by atoms with van der Waals surface area (Å²) in [7, 11) is 0. The zero-order valence-corrected chi connectivity index (χ0v) is 10.4. The van der Waals surface area contributed by atoms with Gasteiger partial charge in [0.2, 0.25) is 0 Å². The molecule has 0 aliphatic carbocycles. The quantitative estimate of drug-likeness (QED) is 0.837. The second-order valence-corrected chi connectivity index (χ2v) is 5.08. The van der Waals surface area contributed by atoms with Crippen LogP contribution in [-0.4, -0.2) is 24.9 Å². The molecule has 3 nitrogen and oxygen atoms in total. The highest BCUT2D eigenvalue weighted by Crippen LogP contribution is 2.44. The summed E-state index contributed by atoms with van der Waals surface area (Å²) in [6.07, 6.45) is 1.87. The second-order valence-electron chi connectivity index (χ2n) is 5.08. The summed E-state index contributed by atoms with van der Waals surface area (Å²) < 4.78 is 5.54. The lowest BCUT2D eigenvalue weighted by molar-refractivity contribution is -0.139. The van der Waals surface area contributed by atoms with Crippen molar-refractivity contribution in [3.8, 4) is 0 Å². The molecule has 1 aromatic carbocycles. The van der Waals surface area contributed by atoms with Gasteiger partial charge in [0.15, 0.2) is 0 Å². The molecule has 0 amide bonds. The molecule has 1 aliphatic rings. The van der Waals surface area contributed by atoms with E-state index in [4.69, 9.17) is 10.5 Å². The van der Waals surface area contributed by atoms with Gasteiger partial charge in [0.05, 0.1) is 12.2 Å². The summed E-state index contributed by atoms with van der Waals surface area (Å²) in [5.41, 5.74) is 5.53. The largest absolute Gasteiger partial charge is 0.385 e. The van der Waals surface area contributed by atoms with Crippen molar-refractivity contribution in [1.29, 1.82) is 0 Å². The van der Waals surface area contributed by atoms with E-state index in [2.05, 4.69) is 0 Å². The Morgan fingerprint density at radius 3 is 2.65 bits per heavy atom. The zero-order chi connectivity index (χ0) is 12.4.